The van der Waals surface area contributed by atoms with E-state index in [4.69, 9.17) is 0 Å². The van der Waals surface area contributed by atoms with Gasteiger partial charge in [0.2, 0.25) is 0 Å². The van der Waals surface area contributed by atoms with Gasteiger partial charge in [0.25, 0.3) is 5.91 Å². The highest BCUT2D eigenvalue weighted by atomic mass is 79.9. The predicted molar refractivity (Wildman–Crippen MR) is 95.0 cm³/mol. The van der Waals surface area contributed by atoms with Crippen LogP contribution in [-0.2, 0) is 6.42 Å². The van der Waals surface area contributed by atoms with E-state index in [1.807, 2.05) is 48.5 Å². The fourth-order valence-electron chi connectivity index (χ4n) is 2.20. The SMILES string of the molecule is CCc1ccc(NC(=O)c2cnn(-c3ccc(Br)cc3)c2)cc1. The number of anilines is 1. The molecule has 4 nitrogen and oxygen atoms in total. The van der Waals surface area contributed by atoms with Crippen LogP contribution in [0.2, 0.25) is 0 Å². The van der Waals surface area contributed by atoms with E-state index in [9.17, 15) is 4.79 Å². The fraction of sp³-hybridized carbons (Fsp3) is 0.111. The third-order valence-corrected chi connectivity index (χ3v) is 4.08. The number of amides is 1. The van der Waals surface area contributed by atoms with Crippen LogP contribution in [0.1, 0.15) is 22.8 Å². The molecule has 0 fully saturated rings. The van der Waals surface area contributed by atoms with Gasteiger partial charge in [0.15, 0.2) is 0 Å². The topological polar surface area (TPSA) is 46.9 Å². The molecule has 1 N–H and O–H groups in total. The molecule has 3 aromatic rings. The van der Waals surface area contributed by atoms with Crippen molar-refractivity contribution in [2.45, 2.75) is 13.3 Å². The predicted octanol–water partition coefficient (Wildman–Crippen LogP) is 4.45. The summed E-state index contributed by atoms with van der Waals surface area (Å²) in [4.78, 5) is 12.3. The zero-order valence-corrected chi connectivity index (χ0v) is 14.2. The second-order valence-corrected chi connectivity index (χ2v) is 6.07. The van der Waals surface area contributed by atoms with Crippen molar-refractivity contribution in [2.75, 3.05) is 5.32 Å². The number of halogens is 1. The van der Waals surface area contributed by atoms with Crippen molar-refractivity contribution >= 4 is 27.5 Å². The molecule has 0 atom stereocenters. The lowest BCUT2D eigenvalue weighted by Gasteiger charge is -2.04. The van der Waals surface area contributed by atoms with Crippen molar-refractivity contribution in [1.82, 2.24) is 9.78 Å². The number of hydrogen-bond acceptors (Lipinski definition) is 2. The molecule has 0 aliphatic heterocycles. The first kappa shape index (κ1) is 15.5. The second-order valence-electron chi connectivity index (χ2n) is 5.15. The summed E-state index contributed by atoms with van der Waals surface area (Å²) in [5, 5.41) is 7.13. The Hall–Kier alpha value is -2.40. The lowest BCUT2D eigenvalue weighted by atomic mass is 10.1. The maximum absolute atomic E-state index is 12.3. The maximum Gasteiger partial charge on any atom is 0.258 e. The minimum absolute atomic E-state index is 0.169. The number of nitrogens with one attached hydrogen (secondary N) is 1. The molecular weight excluding hydrogens is 354 g/mol. The van der Waals surface area contributed by atoms with Crippen molar-refractivity contribution < 1.29 is 4.79 Å². The number of carbonyl (C=O) groups is 1. The summed E-state index contributed by atoms with van der Waals surface area (Å²) in [6, 6.07) is 15.6. The van der Waals surface area contributed by atoms with Gasteiger partial charge in [-0.1, -0.05) is 35.0 Å². The minimum atomic E-state index is -0.169. The van der Waals surface area contributed by atoms with Crippen LogP contribution in [0.3, 0.4) is 0 Å². The number of aromatic nitrogens is 2. The van der Waals surface area contributed by atoms with Crippen LogP contribution in [0.5, 0.6) is 0 Å². The molecular formula is C18H16BrN3O. The Morgan fingerprint density at radius 2 is 1.83 bits per heavy atom. The number of hydrogen-bond donors (Lipinski definition) is 1. The molecule has 0 saturated heterocycles. The van der Waals surface area contributed by atoms with Crippen molar-refractivity contribution in [2.24, 2.45) is 0 Å². The normalized spacial score (nSPS) is 10.5. The highest BCUT2D eigenvalue weighted by Crippen LogP contribution is 2.15. The Morgan fingerprint density at radius 3 is 2.48 bits per heavy atom. The van der Waals surface area contributed by atoms with Gasteiger partial charge in [-0.25, -0.2) is 4.68 Å². The number of rotatable bonds is 4. The maximum atomic E-state index is 12.3. The molecule has 2 aromatic carbocycles. The van der Waals surface area contributed by atoms with Crippen molar-refractivity contribution in [3.05, 3.63) is 76.5 Å². The van der Waals surface area contributed by atoms with Crippen LogP contribution in [0.25, 0.3) is 5.69 Å². The molecule has 1 heterocycles. The van der Waals surface area contributed by atoms with E-state index in [0.29, 0.717) is 5.56 Å². The Balaban J connectivity index is 1.74. The molecule has 0 radical (unpaired) electrons. The van der Waals surface area contributed by atoms with Gasteiger partial charge in [0.05, 0.1) is 17.4 Å². The molecule has 0 spiro atoms. The molecule has 0 aliphatic rings. The summed E-state index contributed by atoms with van der Waals surface area (Å²) in [5.74, 6) is -0.169. The number of aryl methyl sites for hydroxylation is 1. The first-order valence-electron chi connectivity index (χ1n) is 7.36. The molecule has 5 heteroatoms. The summed E-state index contributed by atoms with van der Waals surface area (Å²) < 4.78 is 2.68. The lowest BCUT2D eigenvalue weighted by molar-refractivity contribution is 0.102. The molecule has 1 aromatic heterocycles. The smallest absolute Gasteiger partial charge is 0.258 e. The summed E-state index contributed by atoms with van der Waals surface area (Å²) in [5.41, 5.74) is 3.45. The zero-order valence-electron chi connectivity index (χ0n) is 12.7. The van der Waals surface area contributed by atoms with Gasteiger partial charge >= 0.3 is 0 Å². The van der Waals surface area contributed by atoms with Gasteiger partial charge in [-0.2, -0.15) is 5.10 Å². The summed E-state index contributed by atoms with van der Waals surface area (Å²) in [6.07, 6.45) is 4.27. The Labute approximate surface area is 143 Å². The van der Waals surface area contributed by atoms with E-state index in [1.54, 1.807) is 17.1 Å². The third-order valence-electron chi connectivity index (χ3n) is 3.56. The van der Waals surface area contributed by atoms with Gasteiger partial charge in [-0.3, -0.25) is 4.79 Å². The van der Waals surface area contributed by atoms with E-state index in [0.717, 1.165) is 22.3 Å². The van der Waals surface area contributed by atoms with Gasteiger partial charge in [0, 0.05) is 16.4 Å². The van der Waals surface area contributed by atoms with Gasteiger partial charge < -0.3 is 5.32 Å². The zero-order chi connectivity index (χ0) is 16.2. The molecule has 0 saturated carbocycles. The van der Waals surface area contributed by atoms with Crippen molar-refractivity contribution in [3.63, 3.8) is 0 Å². The van der Waals surface area contributed by atoms with E-state index in [-0.39, 0.29) is 5.91 Å². The quantitative estimate of drug-likeness (QED) is 0.738. The largest absolute Gasteiger partial charge is 0.322 e. The molecule has 116 valence electrons. The molecule has 23 heavy (non-hydrogen) atoms. The highest BCUT2D eigenvalue weighted by Gasteiger charge is 2.10. The highest BCUT2D eigenvalue weighted by molar-refractivity contribution is 9.10. The first-order valence-corrected chi connectivity index (χ1v) is 8.16. The van der Waals surface area contributed by atoms with E-state index < -0.39 is 0 Å². The monoisotopic (exact) mass is 369 g/mol. The average molecular weight is 370 g/mol. The van der Waals surface area contributed by atoms with Crippen LogP contribution in [0.4, 0.5) is 5.69 Å². The van der Waals surface area contributed by atoms with Crippen molar-refractivity contribution in [1.29, 1.82) is 0 Å². The van der Waals surface area contributed by atoms with Crippen molar-refractivity contribution in [3.8, 4) is 5.69 Å². The molecule has 3 rings (SSSR count). The summed E-state index contributed by atoms with van der Waals surface area (Å²) in [6.45, 7) is 2.10. The second kappa shape index (κ2) is 6.79. The molecule has 0 bridgehead atoms. The van der Waals surface area contributed by atoms with E-state index in [2.05, 4.69) is 33.3 Å². The van der Waals surface area contributed by atoms with Crippen LogP contribution in [-0.4, -0.2) is 15.7 Å². The fourth-order valence-corrected chi connectivity index (χ4v) is 2.47. The molecule has 0 unspecified atom stereocenters. The molecule has 0 aliphatic carbocycles. The minimum Gasteiger partial charge on any atom is -0.322 e. The van der Waals surface area contributed by atoms with Gasteiger partial charge in [-0.15, -0.1) is 0 Å². The first-order chi connectivity index (χ1) is 11.2. The van der Waals surface area contributed by atoms with Crippen LogP contribution in [0.15, 0.2) is 65.4 Å². The number of carbonyl (C=O) groups excluding carboxylic acids is 1. The van der Waals surface area contributed by atoms with Crippen LogP contribution >= 0.6 is 15.9 Å². The molecule has 1 amide bonds. The van der Waals surface area contributed by atoms with E-state index in [1.165, 1.54) is 5.56 Å². The third kappa shape index (κ3) is 3.68. The Kier molecular flexibility index (Phi) is 4.57. The van der Waals surface area contributed by atoms with Gasteiger partial charge in [-0.05, 0) is 48.4 Å². The van der Waals surface area contributed by atoms with Gasteiger partial charge in [0.1, 0.15) is 0 Å². The number of nitrogens with zero attached hydrogens (tertiary/aromatic N) is 2. The summed E-state index contributed by atoms with van der Waals surface area (Å²) in [7, 11) is 0. The number of benzene rings is 2. The standard InChI is InChI=1S/C18H16BrN3O/c1-2-13-3-7-16(8-4-13)21-18(23)14-11-20-22(12-14)17-9-5-15(19)6-10-17/h3-12H,2H2,1H3,(H,21,23). The average Bonchev–Trinajstić information content (AvgIpc) is 3.06. The van der Waals surface area contributed by atoms with Crippen LogP contribution in [0, 0.1) is 0 Å². The van der Waals surface area contributed by atoms with E-state index >= 15 is 0 Å². The lowest BCUT2D eigenvalue weighted by Crippen LogP contribution is -2.11. The Bertz CT molecular complexity index is 807. The van der Waals surface area contributed by atoms with Crippen LogP contribution < -0.4 is 5.32 Å². The Morgan fingerprint density at radius 1 is 1.13 bits per heavy atom. The summed E-state index contributed by atoms with van der Waals surface area (Å²) >= 11 is 3.40.